The van der Waals surface area contributed by atoms with E-state index in [1.54, 1.807) is 0 Å². The minimum atomic E-state index is 0.592. The fourth-order valence-electron chi connectivity index (χ4n) is 2.19. The van der Waals surface area contributed by atoms with E-state index in [4.69, 9.17) is 18.0 Å². The molecule has 0 radical (unpaired) electrons. The molecule has 0 spiro atoms. The average molecular weight is 328 g/mol. The van der Waals surface area contributed by atoms with Crippen molar-refractivity contribution in [2.75, 3.05) is 32.7 Å². The highest BCUT2D eigenvalue weighted by Gasteiger charge is 2.17. The molecular weight excluding hydrogens is 310 g/mol. The van der Waals surface area contributed by atoms with E-state index in [2.05, 4.69) is 43.9 Å². The van der Waals surface area contributed by atoms with Gasteiger partial charge in [-0.2, -0.15) is 0 Å². The number of piperazine rings is 1. The molecule has 0 bridgehead atoms. The van der Waals surface area contributed by atoms with E-state index in [-0.39, 0.29) is 0 Å². The molecule has 1 aliphatic heterocycles. The van der Waals surface area contributed by atoms with Gasteiger partial charge in [-0.1, -0.05) is 46.3 Å². The van der Waals surface area contributed by atoms with Gasteiger partial charge in [0.1, 0.15) is 0 Å². The highest BCUT2D eigenvalue weighted by Crippen LogP contribution is 2.18. The van der Waals surface area contributed by atoms with Gasteiger partial charge in [-0.25, -0.2) is 0 Å². The third-order valence-corrected chi connectivity index (χ3v) is 4.10. The Kier molecular flexibility index (Phi) is 5.12. The molecule has 0 saturated carbocycles. The van der Waals surface area contributed by atoms with Gasteiger partial charge in [0.25, 0.3) is 0 Å². The molecule has 0 atom stereocenters. The molecule has 18 heavy (non-hydrogen) atoms. The first-order valence-electron chi connectivity index (χ1n) is 6.11. The summed E-state index contributed by atoms with van der Waals surface area (Å²) in [6, 6.07) is 8.40. The summed E-state index contributed by atoms with van der Waals surface area (Å²) >= 11 is 8.54. The Morgan fingerprint density at radius 3 is 2.39 bits per heavy atom. The molecule has 5 heteroatoms. The van der Waals surface area contributed by atoms with Gasteiger partial charge in [-0.15, -0.1) is 0 Å². The normalized spacial score (nSPS) is 17.8. The van der Waals surface area contributed by atoms with Crippen LogP contribution in [0.3, 0.4) is 0 Å². The number of rotatable bonds is 4. The van der Waals surface area contributed by atoms with Crippen LogP contribution in [0.15, 0.2) is 28.7 Å². The summed E-state index contributed by atoms with van der Waals surface area (Å²) in [5.74, 6) is 0. The minimum absolute atomic E-state index is 0.592. The van der Waals surface area contributed by atoms with E-state index in [1.165, 1.54) is 10.0 Å². The van der Waals surface area contributed by atoms with Gasteiger partial charge in [0.05, 0.1) is 4.99 Å². The first kappa shape index (κ1) is 13.9. The minimum Gasteiger partial charge on any atom is -0.392 e. The number of hydrogen-bond donors (Lipinski definition) is 1. The van der Waals surface area contributed by atoms with Crippen LogP contribution in [0.25, 0.3) is 0 Å². The van der Waals surface area contributed by atoms with Crippen LogP contribution in [-0.4, -0.2) is 47.5 Å². The Labute approximate surface area is 122 Å². The maximum atomic E-state index is 5.57. The Bertz CT molecular complexity index is 416. The van der Waals surface area contributed by atoms with E-state index in [1.807, 2.05) is 6.07 Å². The zero-order chi connectivity index (χ0) is 13.0. The topological polar surface area (TPSA) is 32.5 Å². The Hall–Kier alpha value is -0.490. The van der Waals surface area contributed by atoms with Crippen molar-refractivity contribution in [3.63, 3.8) is 0 Å². The van der Waals surface area contributed by atoms with Crippen molar-refractivity contribution in [1.82, 2.24) is 9.80 Å². The molecule has 1 aromatic carbocycles. The standard InChI is InChI=1S/C13H18BrN3S/c14-12-4-2-1-3-11(12)9-16-5-7-17(8-6-16)10-13(15)18/h1-4H,5-10H2,(H2,15,18). The van der Waals surface area contributed by atoms with Crippen LogP contribution in [0.1, 0.15) is 5.56 Å². The Morgan fingerprint density at radius 1 is 1.17 bits per heavy atom. The van der Waals surface area contributed by atoms with E-state index >= 15 is 0 Å². The highest BCUT2D eigenvalue weighted by molar-refractivity contribution is 9.10. The van der Waals surface area contributed by atoms with Crippen molar-refractivity contribution in [1.29, 1.82) is 0 Å². The smallest absolute Gasteiger partial charge is 0.0870 e. The number of nitrogens with two attached hydrogens (primary N) is 1. The molecular formula is C13H18BrN3S. The molecule has 1 heterocycles. The molecule has 0 unspecified atom stereocenters. The Morgan fingerprint density at radius 2 is 1.78 bits per heavy atom. The summed E-state index contributed by atoms with van der Waals surface area (Å²) in [7, 11) is 0. The lowest BCUT2D eigenvalue weighted by atomic mass is 10.2. The van der Waals surface area contributed by atoms with Crippen molar-refractivity contribution >= 4 is 33.1 Å². The van der Waals surface area contributed by atoms with Crippen LogP contribution in [0, 0.1) is 0 Å². The number of hydrogen-bond acceptors (Lipinski definition) is 3. The van der Waals surface area contributed by atoms with Gasteiger partial charge in [0.15, 0.2) is 0 Å². The zero-order valence-electron chi connectivity index (χ0n) is 10.3. The predicted octanol–water partition coefficient (Wildman–Crippen LogP) is 1.85. The second-order valence-electron chi connectivity index (χ2n) is 4.61. The lowest BCUT2D eigenvalue weighted by Crippen LogP contribution is -2.48. The van der Waals surface area contributed by atoms with Crippen LogP contribution in [-0.2, 0) is 6.54 Å². The van der Waals surface area contributed by atoms with Crippen LogP contribution in [0.4, 0.5) is 0 Å². The van der Waals surface area contributed by atoms with Gasteiger partial charge < -0.3 is 5.73 Å². The maximum absolute atomic E-state index is 5.57. The summed E-state index contributed by atoms with van der Waals surface area (Å²) in [5, 5.41) is 0. The second-order valence-corrected chi connectivity index (χ2v) is 5.99. The van der Waals surface area contributed by atoms with Crippen LogP contribution < -0.4 is 5.73 Å². The summed E-state index contributed by atoms with van der Waals surface area (Å²) in [5.41, 5.74) is 6.92. The van der Waals surface area contributed by atoms with Gasteiger partial charge in [0.2, 0.25) is 0 Å². The molecule has 0 aliphatic carbocycles. The first-order valence-corrected chi connectivity index (χ1v) is 7.31. The molecule has 2 N–H and O–H groups in total. The number of thiocarbonyl (C=S) groups is 1. The fraction of sp³-hybridized carbons (Fsp3) is 0.462. The summed E-state index contributed by atoms with van der Waals surface area (Å²) in [4.78, 5) is 5.38. The first-order chi connectivity index (χ1) is 8.65. The van der Waals surface area contributed by atoms with Crippen LogP contribution in [0.2, 0.25) is 0 Å². The number of benzene rings is 1. The van der Waals surface area contributed by atoms with Crippen molar-refractivity contribution in [3.8, 4) is 0 Å². The third-order valence-electron chi connectivity index (χ3n) is 3.20. The molecule has 1 aliphatic rings. The number of nitrogens with zero attached hydrogens (tertiary/aromatic N) is 2. The van der Waals surface area contributed by atoms with Crippen LogP contribution >= 0.6 is 28.1 Å². The molecule has 1 saturated heterocycles. The summed E-state index contributed by atoms with van der Waals surface area (Å²) < 4.78 is 1.19. The van der Waals surface area contributed by atoms with E-state index in [9.17, 15) is 0 Å². The van der Waals surface area contributed by atoms with Crippen molar-refractivity contribution in [2.24, 2.45) is 5.73 Å². The van der Waals surface area contributed by atoms with Gasteiger partial charge in [-0.3, -0.25) is 9.80 Å². The van der Waals surface area contributed by atoms with Crippen molar-refractivity contribution < 1.29 is 0 Å². The summed E-state index contributed by atoms with van der Waals surface area (Å²) in [6.07, 6.45) is 0. The molecule has 1 aromatic rings. The van der Waals surface area contributed by atoms with Gasteiger partial charge in [-0.05, 0) is 11.6 Å². The maximum Gasteiger partial charge on any atom is 0.0870 e. The quantitative estimate of drug-likeness (QED) is 0.855. The molecule has 98 valence electrons. The fourth-order valence-corrected chi connectivity index (χ4v) is 2.79. The zero-order valence-corrected chi connectivity index (χ0v) is 12.7. The molecule has 0 amide bonds. The molecule has 2 rings (SSSR count). The predicted molar refractivity (Wildman–Crippen MR) is 82.6 cm³/mol. The van der Waals surface area contributed by atoms with E-state index in [0.717, 1.165) is 39.3 Å². The van der Waals surface area contributed by atoms with Gasteiger partial charge in [0, 0.05) is 43.7 Å². The lowest BCUT2D eigenvalue weighted by molar-refractivity contribution is 0.140. The average Bonchev–Trinajstić information content (AvgIpc) is 2.34. The van der Waals surface area contributed by atoms with Crippen LogP contribution in [0.5, 0.6) is 0 Å². The van der Waals surface area contributed by atoms with Crippen molar-refractivity contribution in [2.45, 2.75) is 6.54 Å². The van der Waals surface area contributed by atoms with Crippen molar-refractivity contribution in [3.05, 3.63) is 34.3 Å². The molecule has 1 fully saturated rings. The summed E-state index contributed by atoms with van der Waals surface area (Å²) in [6.45, 7) is 5.98. The highest BCUT2D eigenvalue weighted by atomic mass is 79.9. The number of halogens is 1. The SMILES string of the molecule is NC(=S)CN1CCN(Cc2ccccc2Br)CC1. The molecule has 3 nitrogen and oxygen atoms in total. The second kappa shape index (κ2) is 6.61. The molecule has 0 aromatic heterocycles. The largest absolute Gasteiger partial charge is 0.392 e. The lowest BCUT2D eigenvalue weighted by Gasteiger charge is -2.34. The van der Waals surface area contributed by atoms with E-state index < -0.39 is 0 Å². The monoisotopic (exact) mass is 327 g/mol. The Balaban J connectivity index is 1.84. The van der Waals surface area contributed by atoms with E-state index in [0.29, 0.717) is 4.99 Å². The third kappa shape index (κ3) is 4.02. The van der Waals surface area contributed by atoms with Gasteiger partial charge >= 0.3 is 0 Å².